The van der Waals surface area contributed by atoms with Crippen LogP contribution in [0.4, 0.5) is 0 Å². The van der Waals surface area contributed by atoms with Crippen LogP contribution in [0.1, 0.15) is 17.2 Å². The average Bonchev–Trinajstić information content (AvgIpc) is 2.52. The lowest BCUT2D eigenvalue weighted by molar-refractivity contribution is 0.177. The predicted octanol–water partition coefficient (Wildman–Crippen LogP) is 4.54. The van der Waals surface area contributed by atoms with Crippen LogP contribution in [0.3, 0.4) is 0 Å². The lowest BCUT2D eigenvalue weighted by atomic mass is 10.1. The predicted molar refractivity (Wildman–Crippen MR) is 101 cm³/mol. The molecule has 2 rings (SSSR count). The minimum Gasteiger partial charge on any atom is -0.387 e. The van der Waals surface area contributed by atoms with E-state index in [-0.39, 0.29) is 5.25 Å². The van der Waals surface area contributed by atoms with Crippen LogP contribution in [0.15, 0.2) is 59.5 Å². The van der Waals surface area contributed by atoms with Gasteiger partial charge in [-0.05, 0) is 30.7 Å². The third-order valence-corrected chi connectivity index (χ3v) is 7.51. The lowest BCUT2D eigenvalue weighted by Crippen LogP contribution is -2.33. The van der Waals surface area contributed by atoms with Crippen LogP contribution in [-0.2, 0) is 10.8 Å². The molecule has 0 aliphatic carbocycles. The fourth-order valence-corrected chi connectivity index (χ4v) is 7.30. The van der Waals surface area contributed by atoms with E-state index in [1.807, 2.05) is 61.5 Å². The van der Waals surface area contributed by atoms with E-state index in [0.717, 1.165) is 22.1 Å². The third kappa shape index (κ3) is 5.13. The van der Waals surface area contributed by atoms with Gasteiger partial charge in [-0.15, -0.1) is 0 Å². The second kappa shape index (κ2) is 7.56. The second-order valence-electron chi connectivity index (χ2n) is 7.27. The monoisotopic (exact) mass is 346 g/mol. The topological polar surface area (TPSA) is 37.3 Å². The maximum Gasteiger partial charge on any atom is 0.0934 e. The third-order valence-electron chi connectivity index (χ3n) is 3.84. The van der Waals surface area contributed by atoms with Gasteiger partial charge in [0, 0.05) is 13.0 Å². The van der Waals surface area contributed by atoms with Crippen molar-refractivity contribution < 1.29 is 9.32 Å². The number of rotatable bonds is 6. The molecule has 0 spiro atoms. The highest BCUT2D eigenvalue weighted by molar-refractivity contribution is 7.85. The van der Waals surface area contributed by atoms with Gasteiger partial charge in [0.25, 0.3) is 0 Å². The van der Waals surface area contributed by atoms with Crippen LogP contribution < -0.4 is 0 Å². The molecule has 0 aliphatic rings. The van der Waals surface area contributed by atoms with Crippen molar-refractivity contribution in [3.63, 3.8) is 0 Å². The van der Waals surface area contributed by atoms with Gasteiger partial charge < -0.3 is 5.11 Å². The number of aliphatic hydroxyl groups is 1. The molecular weight excluding hydrogens is 320 g/mol. The van der Waals surface area contributed by atoms with Crippen LogP contribution in [-0.4, -0.2) is 22.6 Å². The first-order valence-electron chi connectivity index (χ1n) is 7.98. The summed E-state index contributed by atoms with van der Waals surface area (Å²) in [5.74, 6) is 0. The van der Waals surface area contributed by atoms with Crippen molar-refractivity contribution in [1.29, 1.82) is 0 Å². The fourth-order valence-electron chi connectivity index (χ4n) is 2.62. The molecule has 0 amide bonds. The molecule has 0 heterocycles. The molecule has 0 saturated heterocycles. The molecule has 0 aromatic heterocycles. The number of aryl methyl sites for hydroxylation is 1. The van der Waals surface area contributed by atoms with Gasteiger partial charge in [0.1, 0.15) is 0 Å². The first kappa shape index (κ1) is 18.1. The Morgan fingerprint density at radius 2 is 1.57 bits per heavy atom. The SMILES string of the molecule is Cc1ccc([S@](=O)[C@H](C[Si](C)(C)C)[C@@H](O)c2ccccc2)cc1. The molecule has 0 saturated carbocycles. The number of hydrogen-bond donors (Lipinski definition) is 1. The van der Waals surface area contributed by atoms with Crippen LogP contribution in [0, 0.1) is 6.92 Å². The summed E-state index contributed by atoms with van der Waals surface area (Å²) in [5, 5.41) is 10.6. The van der Waals surface area contributed by atoms with Crippen LogP contribution in [0.5, 0.6) is 0 Å². The van der Waals surface area contributed by atoms with Crippen molar-refractivity contribution >= 4 is 18.9 Å². The van der Waals surface area contributed by atoms with Gasteiger partial charge >= 0.3 is 0 Å². The molecule has 4 heteroatoms. The van der Waals surface area contributed by atoms with Gasteiger partial charge in [0.05, 0.1) is 22.2 Å². The first-order chi connectivity index (χ1) is 10.8. The standard InChI is InChI=1S/C19H26O2SSi/c1-15-10-12-17(13-11-15)22(21)18(14-23(2,3)4)19(20)16-8-6-5-7-9-16/h5-13,18-20H,14H2,1-4H3/t18-,19+,22+/m1/s1. The molecule has 23 heavy (non-hydrogen) atoms. The van der Waals surface area contributed by atoms with E-state index in [9.17, 15) is 9.32 Å². The zero-order chi connectivity index (χ0) is 17.0. The molecule has 0 fully saturated rings. The molecule has 2 aromatic carbocycles. The van der Waals surface area contributed by atoms with Crippen LogP contribution >= 0.6 is 0 Å². The summed E-state index contributed by atoms with van der Waals surface area (Å²) in [6.45, 7) is 8.78. The second-order valence-corrected chi connectivity index (χ2v) is 14.5. The minimum atomic E-state index is -1.48. The summed E-state index contributed by atoms with van der Waals surface area (Å²) in [4.78, 5) is 0.800. The van der Waals surface area contributed by atoms with Gasteiger partial charge in [0.2, 0.25) is 0 Å². The Kier molecular flexibility index (Phi) is 5.95. The molecule has 0 bridgehead atoms. The molecule has 124 valence electrons. The summed E-state index contributed by atoms with van der Waals surface area (Å²) in [6.07, 6.45) is -0.704. The highest BCUT2D eigenvalue weighted by atomic mass is 32.2. The molecule has 0 radical (unpaired) electrons. The normalized spacial score (nSPS) is 15.9. The molecule has 1 N–H and O–H groups in total. The summed E-state index contributed by atoms with van der Waals surface area (Å²) < 4.78 is 13.1. The Labute approximate surface area is 143 Å². The lowest BCUT2D eigenvalue weighted by Gasteiger charge is -2.28. The highest BCUT2D eigenvalue weighted by Gasteiger charge is 2.32. The Morgan fingerprint density at radius 3 is 2.09 bits per heavy atom. The first-order valence-corrected chi connectivity index (χ1v) is 12.9. The van der Waals surface area contributed by atoms with E-state index in [4.69, 9.17) is 0 Å². The molecular formula is C19H26O2SSi. The van der Waals surface area contributed by atoms with Crippen molar-refractivity contribution in [1.82, 2.24) is 0 Å². The molecule has 3 atom stereocenters. The van der Waals surface area contributed by atoms with Crippen LogP contribution in [0.25, 0.3) is 0 Å². The zero-order valence-electron chi connectivity index (χ0n) is 14.3. The fraction of sp³-hybridized carbons (Fsp3) is 0.368. The maximum atomic E-state index is 13.1. The summed E-state index contributed by atoms with van der Waals surface area (Å²) in [7, 11) is -2.70. The van der Waals surface area contributed by atoms with Gasteiger partial charge in [-0.1, -0.05) is 67.7 Å². The maximum absolute atomic E-state index is 13.1. The molecule has 2 aromatic rings. The number of aliphatic hydroxyl groups excluding tert-OH is 1. The van der Waals surface area contributed by atoms with E-state index in [2.05, 4.69) is 19.6 Å². The van der Waals surface area contributed by atoms with E-state index < -0.39 is 25.0 Å². The quantitative estimate of drug-likeness (QED) is 0.780. The van der Waals surface area contributed by atoms with E-state index in [1.165, 1.54) is 0 Å². The smallest absolute Gasteiger partial charge is 0.0934 e. The van der Waals surface area contributed by atoms with Gasteiger partial charge in [-0.3, -0.25) is 4.21 Å². The van der Waals surface area contributed by atoms with E-state index in [0.29, 0.717) is 0 Å². The average molecular weight is 347 g/mol. The Hall–Kier alpha value is -1.23. The van der Waals surface area contributed by atoms with Crippen molar-refractivity contribution in [2.24, 2.45) is 0 Å². The van der Waals surface area contributed by atoms with E-state index >= 15 is 0 Å². The Bertz CT molecular complexity index is 647. The Morgan fingerprint density at radius 1 is 1.00 bits per heavy atom. The highest BCUT2D eigenvalue weighted by Crippen LogP contribution is 2.30. The number of benzene rings is 2. The number of hydrogen-bond acceptors (Lipinski definition) is 2. The van der Waals surface area contributed by atoms with Gasteiger partial charge in [-0.2, -0.15) is 0 Å². The zero-order valence-corrected chi connectivity index (χ0v) is 16.1. The van der Waals surface area contributed by atoms with Crippen molar-refractivity contribution in [3.8, 4) is 0 Å². The van der Waals surface area contributed by atoms with Crippen molar-refractivity contribution in [3.05, 3.63) is 65.7 Å². The Balaban J connectivity index is 2.33. The largest absolute Gasteiger partial charge is 0.387 e. The summed E-state index contributed by atoms with van der Waals surface area (Å²) in [5.41, 5.74) is 1.99. The van der Waals surface area contributed by atoms with Crippen molar-refractivity contribution in [2.45, 2.75) is 48.9 Å². The summed E-state index contributed by atoms with van der Waals surface area (Å²) in [6, 6.07) is 18.2. The molecule has 0 unspecified atom stereocenters. The summed E-state index contributed by atoms with van der Waals surface area (Å²) >= 11 is 0. The van der Waals surface area contributed by atoms with Crippen molar-refractivity contribution in [2.75, 3.05) is 0 Å². The molecule has 0 aliphatic heterocycles. The van der Waals surface area contributed by atoms with Gasteiger partial charge in [0.15, 0.2) is 0 Å². The molecule has 2 nitrogen and oxygen atoms in total. The van der Waals surface area contributed by atoms with Crippen LogP contribution in [0.2, 0.25) is 25.7 Å². The van der Waals surface area contributed by atoms with E-state index in [1.54, 1.807) is 0 Å². The minimum absolute atomic E-state index is 0.272. The van der Waals surface area contributed by atoms with Gasteiger partial charge in [-0.25, -0.2) is 0 Å².